The smallest absolute Gasteiger partial charge is 0.348 e. The summed E-state index contributed by atoms with van der Waals surface area (Å²) in [5.41, 5.74) is 0. The van der Waals surface area contributed by atoms with Gasteiger partial charge in [0, 0.05) is 6.04 Å². The topological polar surface area (TPSA) is 110 Å². The molecule has 2 N–H and O–H groups in total. The Balaban J connectivity index is 3.05. The minimum Gasteiger partial charge on any atom is -0.481 e. The molecule has 1 aromatic heterocycles. The van der Waals surface area contributed by atoms with E-state index in [-0.39, 0.29) is 20.0 Å². The number of carboxylic acid groups (broad SMARTS) is 1. The van der Waals surface area contributed by atoms with E-state index in [1.165, 1.54) is 13.2 Å². The average Bonchev–Trinajstić information content (AvgIpc) is 2.79. The van der Waals surface area contributed by atoms with Crippen molar-refractivity contribution < 1.29 is 27.9 Å². The SMILES string of the molecule is CCC(CC(=O)O)NS(=O)(=O)c1cc(C(=O)OC)sc1Br. The molecule has 0 aliphatic heterocycles. The van der Waals surface area contributed by atoms with Crippen molar-refractivity contribution in [2.24, 2.45) is 0 Å². The van der Waals surface area contributed by atoms with Crippen molar-refractivity contribution in [1.82, 2.24) is 4.72 Å². The van der Waals surface area contributed by atoms with Crippen molar-refractivity contribution in [1.29, 1.82) is 0 Å². The molecule has 1 atom stereocenters. The summed E-state index contributed by atoms with van der Waals surface area (Å²) < 4.78 is 31.6. The molecule has 0 aliphatic rings. The van der Waals surface area contributed by atoms with Crippen LogP contribution in [0.25, 0.3) is 0 Å². The van der Waals surface area contributed by atoms with Crippen LogP contribution in [-0.4, -0.2) is 38.6 Å². The van der Waals surface area contributed by atoms with E-state index in [1.54, 1.807) is 6.92 Å². The fraction of sp³-hybridized carbons (Fsp3) is 0.455. The number of carboxylic acids is 1. The molecule has 0 spiro atoms. The van der Waals surface area contributed by atoms with Crippen molar-refractivity contribution in [3.05, 3.63) is 14.7 Å². The summed E-state index contributed by atoms with van der Waals surface area (Å²) in [6.07, 6.45) is 0.0124. The van der Waals surface area contributed by atoms with Crippen LogP contribution in [0.15, 0.2) is 14.7 Å². The van der Waals surface area contributed by atoms with Crippen LogP contribution in [0, 0.1) is 0 Å². The minimum atomic E-state index is -3.93. The van der Waals surface area contributed by atoms with E-state index in [0.717, 1.165) is 11.3 Å². The van der Waals surface area contributed by atoms with Crippen LogP contribution >= 0.6 is 27.3 Å². The van der Waals surface area contributed by atoms with Crippen molar-refractivity contribution in [3.63, 3.8) is 0 Å². The van der Waals surface area contributed by atoms with Crippen LogP contribution in [0.4, 0.5) is 0 Å². The maximum atomic E-state index is 12.2. The van der Waals surface area contributed by atoms with Gasteiger partial charge in [-0.25, -0.2) is 17.9 Å². The lowest BCUT2D eigenvalue weighted by molar-refractivity contribution is -0.137. The number of thiophene rings is 1. The van der Waals surface area contributed by atoms with Gasteiger partial charge in [-0.2, -0.15) is 0 Å². The lowest BCUT2D eigenvalue weighted by Crippen LogP contribution is -2.36. The fourth-order valence-electron chi connectivity index (χ4n) is 1.50. The second kappa shape index (κ2) is 7.34. The van der Waals surface area contributed by atoms with Gasteiger partial charge in [0.1, 0.15) is 9.77 Å². The molecule has 7 nitrogen and oxygen atoms in total. The number of hydrogen-bond donors (Lipinski definition) is 2. The van der Waals surface area contributed by atoms with Crippen molar-refractivity contribution in [3.8, 4) is 0 Å². The Morgan fingerprint density at radius 1 is 1.52 bits per heavy atom. The highest BCUT2D eigenvalue weighted by molar-refractivity contribution is 9.11. The zero-order valence-electron chi connectivity index (χ0n) is 11.3. The van der Waals surface area contributed by atoms with Gasteiger partial charge in [0.25, 0.3) is 0 Å². The lowest BCUT2D eigenvalue weighted by atomic mass is 10.2. The first-order chi connectivity index (χ1) is 9.71. The Morgan fingerprint density at radius 3 is 2.62 bits per heavy atom. The molecule has 0 amide bonds. The van der Waals surface area contributed by atoms with E-state index in [0.29, 0.717) is 6.42 Å². The fourth-order valence-corrected chi connectivity index (χ4v) is 5.30. The molecule has 1 heterocycles. The third-order valence-electron chi connectivity index (χ3n) is 2.57. The molecule has 21 heavy (non-hydrogen) atoms. The molecule has 0 saturated heterocycles. The average molecular weight is 400 g/mol. The highest BCUT2D eigenvalue weighted by Gasteiger charge is 2.26. The number of esters is 1. The van der Waals surface area contributed by atoms with Gasteiger partial charge in [-0.1, -0.05) is 6.92 Å². The number of ether oxygens (including phenoxy) is 1. The minimum absolute atomic E-state index is 0.114. The molecule has 118 valence electrons. The number of carbonyl (C=O) groups excluding carboxylic acids is 1. The first-order valence-electron chi connectivity index (χ1n) is 5.83. The maximum absolute atomic E-state index is 12.2. The lowest BCUT2D eigenvalue weighted by Gasteiger charge is -2.14. The predicted molar refractivity (Wildman–Crippen MR) is 80.0 cm³/mol. The number of halogens is 1. The van der Waals surface area contributed by atoms with Crippen LogP contribution in [-0.2, 0) is 19.6 Å². The quantitative estimate of drug-likeness (QED) is 0.676. The molecule has 0 saturated carbocycles. The van der Waals surface area contributed by atoms with Gasteiger partial charge in [0.05, 0.1) is 17.3 Å². The summed E-state index contributed by atoms with van der Waals surface area (Å²) >= 11 is 4.02. The number of aliphatic carboxylic acids is 1. The van der Waals surface area contributed by atoms with E-state index in [4.69, 9.17) is 5.11 Å². The Morgan fingerprint density at radius 2 is 2.14 bits per heavy atom. The van der Waals surface area contributed by atoms with Gasteiger partial charge >= 0.3 is 11.9 Å². The molecule has 1 rings (SSSR count). The van der Waals surface area contributed by atoms with E-state index < -0.39 is 28.0 Å². The Hall–Kier alpha value is -0.970. The number of rotatable bonds is 7. The zero-order valence-corrected chi connectivity index (χ0v) is 14.5. The van der Waals surface area contributed by atoms with Crippen molar-refractivity contribution >= 4 is 49.2 Å². The number of carbonyl (C=O) groups is 2. The van der Waals surface area contributed by atoms with Gasteiger partial charge in [-0.3, -0.25) is 4.79 Å². The van der Waals surface area contributed by atoms with Gasteiger partial charge in [0.15, 0.2) is 0 Å². The van der Waals surface area contributed by atoms with E-state index in [2.05, 4.69) is 25.4 Å². The molecule has 1 unspecified atom stereocenters. The van der Waals surface area contributed by atoms with Crippen LogP contribution in [0.5, 0.6) is 0 Å². The highest BCUT2D eigenvalue weighted by atomic mass is 79.9. The predicted octanol–water partition coefficient (Wildman–Crippen LogP) is 1.83. The van der Waals surface area contributed by atoms with E-state index in [1.807, 2.05) is 0 Å². The summed E-state index contributed by atoms with van der Waals surface area (Å²) in [7, 11) is -2.73. The normalized spacial score (nSPS) is 12.9. The molecular formula is C11H14BrNO6S2. The van der Waals surface area contributed by atoms with Crippen LogP contribution in [0.1, 0.15) is 29.4 Å². The highest BCUT2D eigenvalue weighted by Crippen LogP contribution is 2.32. The maximum Gasteiger partial charge on any atom is 0.348 e. The first-order valence-corrected chi connectivity index (χ1v) is 8.92. The standard InChI is InChI=1S/C11H14BrNO6S2/c1-3-6(4-9(14)15)13-21(17,18)8-5-7(11(16)19-2)20-10(8)12/h5-6,13H,3-4H2,1-2H3,(H,14,15). The van der Waals surface area contributed by atoms with Gasteiger partial charge in [-0.05, 0) is 28.4 Å². The van der Waals surface area contributed by atoms with Crippen LogP contribution in [0.3, 0.4) is 0 Å². The van der Waals surface area contributed by atoms with Gasteiger partial charge in [0.2, 0.25) is 10.0 Å². The third kappa shape index (κ3) is 4.77. The number of sulfonamides is 1. The Bertz CT molecular complexity index is 639. The Labute approximate surface area is 134 Å². The van der Waals surface area contributed by atoms with Gasteiger partial charge in [-0.15, -0.1) is 11.3 Å². The summed E-state index contributed by atoms with van der Waals surface area (Å²) in [6, 6.07) is 0.469. The van der Waals surface area contributed by atoms with Crippen LogP contribution < -0.4 is 4.72 Å². The molecular weight excluding hydrogens is 386 g/mol. The van der Waals surface area contributed by atoms with Gasteiger partial charge < -0.3 is 9.84 Å². The molecule has 1 aromatic rings. The first kappa shape index (κ1) is 18.1. The summed E-state index contributed by atoms with van der Waals surface area (Å²) in [5.74, 6) is -1.73. The summed E-state index contributed by atoms with van der Waals surface area (Å²) in [5, 5.41) is 8.74. The molecule has 0 aliphatic carbocycles. The van der Waals surface area contributed by atoms with Crippen LogP contribution in [0.2, 0.25) is 0 Å². The largest absolute Gasteiger partial charge is 0.481 e. The van der Waals surface area contributed by atoms with E-state index >= 15 is 0 Å². The molecule has 0 bridgehead atoms. The third-order valence-corrected chi connectivity index (χ3v) is 6.32. The monoisotopic (exact) mass is 399 g/mol. The molecule has 0 aromatic carbocycles. The summed E-state index contributed by atoms with van der Waals surface area (Å²) in [4.78, 5) is 22.1. The van der Waals surface area contributed by atoms with E-state index in [9.17, 15) is 18.0 Å². The Kier molecular flexibility index (Phi) is 6.32. The molecule has 0 fully saturated rings. The number of nitrogens with one attached hydrogen (secondary N) is 1. The zero-order chi connectivity index (χ0) is 16.2. The molecule has 10 heteroatoms. The number of methoxy groups -OCH3 is 1. The summed E-state index contributed by atoms with van der Waals surface area (Å²) in [6.45, 7) is 1.68. The molecule has 0 radical (unpaired) electrons. The second-order valence-electron chi connectivity index (χ2n) is 4.06. The second-order valence-corrected chi connectivity index (χ2v) is 8.12. The van der Waals surface area contributed by atoms with Crippen molar-refractivity contribution in [2.75, 3.05) is 7.11 Å². The van der Waals surface area contributed by atoms with Crippen molar-refractivity contribution in [2.45, 2.75) is 30.7 Å². The number of hydrogen-bond acceptors (Lipinski definition) is 6.